The average Bonchev–Trinajstić information content (AvgIpc) is 2.62. The number of aryl methyl sites for hydroxylation is 1. The smallest absolute Gasteiger partial charge is 0.253 e. The summed E-state index contributed by atoms with van der Waals surface area (Å²) in [6, 6.07) is 7.39. The number of hydrogen-bond donors (Lipinski definition) is 1. The van der Waals surface area contributed by atoms with Gasteiger partial charge in [0.25, 0.3) is 5.91 Å². The molecule has 8 heteroatoms. The highest BCUT2D eigenvalue weighted by molar-refractivity contribution is 7.91. The molecule has 1 aromatic heterocycles. The molecular formula is C18H23N3O4S. The fourth-order valence-corrected chi connectivity index (χ4v) is 4.28. The maximum atomic E-state index is 12.5. The van der Waals surface area contributed by atoms with Crippen molar-refractivity contribution in [2.45, 2.75) is 6.92 Å². The number of pyridine rings is 1. The normalized spacial score (nSPS) is 17.2. The summed E-state index contributed by atoms with van der Waals surface area (Å²) in [5.41, 5.74) is 2.02. The summed E-state index contributed by atoms with van der Waals surface area (Å²) in [6.07, 6.45) is 0. The molecule has 140 valence electrons. The number of fused-ring (bicyclic) bond motifs is 1. The lowest BCUT2D eigenvalue weighted by molar-refractivity contribution is 0.0948. The summed E-state index contributed by atoms with van der Waals surface area (Å²) >= 11 is 0. The van der Waals surface area contributed by atoms with Crippen molar-refractivity contribution in [2.24, 2.45) is 0 Å². The zero-order valence-corrected chi connectivity index (χ0v) is 15.8. The van der Waals surface area contributed by atoms with Gasteiger partial charge in [0.2, 0.25) is 0 Å². The van der Waals surface area contributed by atoms with Crippen molar-refractivity contribution in [1.29, 1.82) is 0 Å². The van der Waals surface area contributed by atoms with E-state index in [1.54, 1.807) is 7.11 Å². The Morgan fingerprint density at radius 2 is 2.00 bits per heavy atom. The van der Waals surface area contributed by atoms with E-state index in [-0.39, 0.29) is 17.4 Å². The van der Waals surface area contributed by atoms with Crippen LogP contribution in [0.15, 0.2) is 24.3 Å². The van der Waals surface area contributed by atoms with Crippen molar-refractivity contribution >= 4 is 26.6 Å². The molecule has 1 amide bonds. The first-order valence-corrected chi connectivity index (χ1v) is 10.4. The Bertz CT molecular complexity index is 913. The van der Waals surface area contributed by atoms with Crippen molar-refractivity contribution in [3.8, 4) is 5.75 Å². The lowest BCUT2D eigenvalue weighted by atomic mass is 10.1. The first-order valence-electron chi connectivity index (χ1n) is 8.54. The van der Waals surface area contributed by atoms with Crippen LogP contribution in [0.25, 0.3) is 10.9 Å². The van der Waals surface area contributed by atoms with Crippen molar-refractivity contribution in [2.75, 3.05) is 44.8 Å². The molecular weight excluding hydrogens is 354 g/mol. The van der Waals surface area contributed by atoms with E-state index in [0.717, 1.165) is 16.7 Å². The molecule has 3 rings (SSSR count). The SMILES string of the molecule is COc1ccc2nc(C)c(C(=O)NCCN3CCS(=O)(=O)CC3)cc2c1. The van der Waals surface area contributed by atoms with Gasteiger partial charge in [0.15, 0.2) is 9.84 Å². The van der Waals surface area contributed by atoms with Gasteiger partial charge in [0.1, 0.15) is 5.75 Å². The molecule has 0 aliphatic carbocycles. The third-order valence-electron chi connectivity index (χ3n) is 4.61. The van der Waals surface area contributed by atoms with Gasteiger partial charge < -0.3 is 10.1 Å². The summed E-state index contributed by atoms with van der Waals surface area (Å²) in [6.45, 7) is 3.96. The molecule has 1 aromatic carbocycles. The third-order valence-corrected chi connectivity index (χ3v) is 6.22. The molecule has 2 heterocycles. The van der Waals surface area contributed by atoms with E-state index in [4.69, 9.17) is 4.74 Å². The predicted octanol–water partition coefficient (Wildman–Crippen LogP) is 1.01. The number of ether oxygens (including phenoxy) is 1. The Morgan fingerprint density at radius 1 is 1.27 bits per heavy atom. The summed E-state index contributed by atoms with van der Waals surface area (Å²) in [4.78, 5) is 19.1. The van der Waals surface area contributed by atoms with Crippen LogP contribution in [0.1, 0.15) is 16.1 Å². The monoisotopic (exact) mass is 377 g/mol. The number of carbonyl (C=O) groups excluding carboxylic acids is 1. The minimum Gasteiger partial charge on any atom is -0.497 e. The Hall–Kier alpha value is -2.19. The standard InChI is InChI=1S/C18H23N3O4S/c1-13-16(12-14-11-15(25-2)3-4-17(14)20-13)18(22)19-5-6-21-7-9-26(23,24)10-8-21/h3-4,11-12H,5-10H2,1-2H3,(H,19,22). The van der Waals surface area contributed by atoms with E-state index in [9.17, 15) is 13.2 Å². The summed E-state index contributed by atoms with van der Waals surface area (Å²) in [5.74, 6) is 0.923. The Morgan fingerprint density at radius 3 is 2.69 bits per heavy atom. The van der Waals surface area contributed by atoms with Gasteiger partial charge in [-0.05, 0) is 31.2 Å². The van der Waals surface area contributed by atoms with E-state index in [1.165, 1.54) is 0 Å². The van der Waals surface area contributed by atoms with Gasteiger partial charge in [-0.1, -0.05) is 0 Å². The van der Waals surface area contributed by atoms with Gasteiger partial charge in [-0.3, -0.25) is 14.7 Å². The van der Waals surface area contributed by atoms with E-state index >= 15 is 0 Å². The number of aromatic nitrogens is 1. The Kier molecular flexibility index (Phi) is 5.43. The third kappa shape index (κ3) is 4.31. The molecule has 0 radical (unpaired) electrons. The average molecular weight is 377 g/mol. The van der Waals surface area contributed by atoms with E-state index in [1.807, 2.05) is 31.2 Å². The summed E-state index contributed by atoms with van der Waals surface area (Å²) in [5, 5.41) is 3.75. The number of nitrogens with zero attached hydrogens (tertiary/aromatic N) is 2. The molecule has 26 heavy (non-hydrogen) atoms. The number of methoxy groups -OCH3 is 1. The van der Waals surface area contributed by atoms with Crippen molar-refractivity contribution in [3.63, 3.8) is 0 Å². The van der Waals surface area contributed by atoms with Gasteiger partial charge in [-0.25, -0.2) is 8.42 Å². The van der Waals surface area contributed by atoms with Crippen molar-refractivity contribution in [1.82, 2.24) is 15.2 Å². The van der Waals surface area contributed by atoms with E-state index in [2.05, 4.69) is 15.2 Å². The number of amides is 1. The molecule has 1 aliphatic heterocycles. The molecule has 2 aromatic rings. The van der Waals surface area contributed by atoms with E-state index in [0.29, 0.717) is 37.4 Å². The lowest BCUT2D eigenvalue weighted by Crippen LogP contribution is -2.43. The topological polar surface area (TPSA) is 88.6 Å². The maximum Gasteiger partial charge on any atom is 0.253 e. The molecule has 0 saturated carbocycles. The van der Waals surface area contributed by atoms with E-state index < -0.39 is 9.84 Å². The van der Waals surface area contributed by atoms with Crippen LogP contribution in [-0.4, -0.2) is 69.0 Å². The molecule has 7 nitrogen and oxygen atoms in total. The quantitative estimate of drug-likeness (QED) is 0.837. The highest BCUT2D eigenvalue weighted by atomic mass is 32.2. The maximum absolute atomic E-state index is 12.5. The van der Waals surface area contributed by atoms with Crippen LogP contribution in [0.5, 0.6) is 5.75 Å². The second kappa shape index (κ2) is 7.59. The molecule has 0 unspecified atom stereocenters. The van der Waals surface area contributed by atoms with Crippen LogP contribution in [0.3, 0.4) is 0 Å². The summed E-state index contributed by atoms with van der Waals surface area (Å²) < 4.78 is 28.1. The van der Waals surface area contributed by atoms with Crippen LogP contribution in [0, 0.1) is 6.92 Å². The van der Waals surface area contributed by atoms with Crippen molar-refractivity contribution in [3.05, 3.63) is 35.5 Å². The fraction of sp³-hybridized carbons (Fsp3) is 0.444. The van der Waals surface area contributed by atoms with Gasteiger partial charge in [0, 0.05) is 31.6 Å². The molecule has 1 aliphatic rings. The number of carbonyl (C=O) groups is 1. The van der Waals surface area contributed by atoms with Crippen LogP contribution >= 0.6 is 0 Å². The van der Waals surface area contributed by atoms with Crippen LogP contribution in [0.4, 0.5) is 0 Å². The zero-order chi connectivity index (χ0) is 18.7. The fourth-order valence-electron chi connectivity index (χ4n) is 3.00. The van der Waals surface area contributed by atoms with Gasteiger partial charge in [-0.15, -0.1) is 0 Å². The van der Waals surface area contributed by atoms with Gasteiger partial charge in [-0.2, -0.15) is 0 Å². The Balaban J connectivity index is 1.63. The second-order valence-electron chi connectivity index (χ2n) is 6.43. The Labute approximate surface area is 153 Å². The van der Waals surface area contributed by atoms with Gasteiger partial charge in [0.05, 0.1) is 35.4 Å². The number of sulfone groups is 1. The highest BCUT2D eigenvalue weighted by Gasteiger charge is 2.21. The molecule has 0 atom stereocenters. The number of hydrogen-bond acceptors (Lipinski definition) is 6. The minimum atomic E-state index is -2.88. The molecule has 1 saturated heterocycles. The van der Waals surface area contributed by atoms with Crippen LogP contribution in [0.2, 0.25) is 0 Å². The van der Waals surface area contributed by atoms with Crippen LogP contribution < -0.4 is 10.1 Å². The van der Waals surface area contributed by atoms with Crippen molar-refractivity contribution < 1.29 is 17.9 Å². The molecule has 0 spiro atoms. The zero-order valence-electron chi connectivity index (χ0n) is 15.0. The minimum absolute atomic E-state index is 0.177. The predicted molar refractivity (Wildman–Crippen MR) is 100 cm³/mol. The highest BCUT2D eigenvalue weighted by Crippen LogP contribution is 2.21. The summed E-state index contributed by atoms with van der Waals surface area (Å²) in [7, 11) is -1.28. The number of rotatable bonds is 5. The molecule has 0 bridgehead atoms. The van der Waals surface area contributed by atoms with Gasteiger partial charge >= 0.3 is 0 Å². The molecule has 1 fully saturated rings. The van der Waals surface area contributed by atoms with Crippen LogP contribution in [-0.2, 0) is 9.84 Å². The first-order chi connectivity index (χ1) is 12.4. The molecule has 1 N–H and O–H groups in total. The lowest BCUT2D eigenvalue weighted by Gasteiger charge is -2.26. The number of nitrogens with one attached hydrogen (secondary N) is 1. The number of benzene rings is 1. The first kappa shape index (κ1) is 18.6. The second-order valence-corrected chi connectivity index (χ2v) is 8.73. The largest absolute Gasteiger partial charge is 0.497 e.